The number of terminal acetylenes is 1. The number of nitrogens with one attached hydrogen (secondary N) is 1. The van der Waals surface area contributed by atoms with Crippen molar-refractivity contribution in [3.8, 4) is 24.2 Å². The predicted octanol–water partition coefficient (Wildman–Crippen LogP) is 1.07. The van der Waals surface area contributed by atoms with Gasteiger partial charge in [0.15, 0.2) is 6.61 Å². The van der Waals surface area contributed by atoms with Gasteiger partial charge in [0.2, 0.25) is 0 Å². The van der Waals surface area contributed by atoms with Gasteiger partial charge in [0.1, 0.15) is 5.75 Å². The summed E-state index contributed by atoms with van der Waals surface area (Å²) in [5.74, 6) is 2.64. The SMILES string of the molecule is C#CC(C)NC(=O)COc1ccc(C#N)cc1. The molecule has 1 aromatic carbocycles. The highest BCUT2D eigenvalue weighted by Crippen LogP contribution is 2.11. The van der Waals surface area contributed by atoms with Crippen LogP contribution >= 0.6 is 0 Å². The Morgan fingerprint density at radius 1 is 1.53 bits per heavy atom. The van der Waals surface area contributed by atoms with Crippen molar-refractivity contribution in [2.75, 3.05) is 6.61 Å². The van der Waals surface area contributed by atoms with Gasteiger partial charge in [-0.15, -0.1) is 6.42 Å². The maximum Gasteiger partial charge on any atom is 0.258 e. The molecule has 17 heavy (non-hydrogen) atoms. The quantitative estimate of drug-likeness (QED) is 0.784. The molecule has 0 aliphatic rings. The summed E-state index contributed by atoms with van der Waals surface area (Å²) in [5.41, 5.74) is 0.544. The average molecular weight is 228 g/mol. The Morgan fingerprint density at radius 2 is 2.18 bits per heavy atom. The molecule has 1 rings (SSSR count). The summed E-state index contributed by atoms with van der Waals surface area (Å²) < 4.78 is 5.22. The highest BCUT2D eigenvalue weighted by molar-refractivity contribution is 5.78. The van der Waals surface area contributed by atoms with Crippen LogP contribution in [0.25, 0.3) is 0 Å². The number of hydrogen-bond donors (Lipinski definition) is 1. The van der Waals surface area contributed by atoms with E-state index in [2.05, 4.69) is 11.2 Å². The molecule has 0 radical (unpaired) electrons. The highest BCUT2D eigenvalue weighted by atomic mass is 16.5. The lowest BCUT2D eigenvalue weighted by Gasteiger charge is -2.09. The zero-order valence-corrected chi connectivity index (χ0v) is 9.43. The third kappa shape index (κ3) is 4.27. The van der Waals surface area contributed by atoms with Crippen LogP contribution in [0.1, 0.15) is 12.5 Å². The first kappa shape index (κ1) is 12.6. The topological polar surface area (TPSA) is 62.1 Å². The standard InChI is InChI=1S/C13H12N2O2/c1-3-10(2)15-13(16)9-17-12-6-4-11(8-14)5-7-12/h1,4-7,10H,9H2,2H3,(H,15,16). The van der Waals surface area contributed by atoms with Gasteiger partial charge in [-0.2, -0.15) is 5.26 Å². The normalized spacial score (nSPS) is 10.8. The van der Waals surface area contributed by atoms with Crippen LogP contribution in [0, 0.1) is 23.7 Å². The Labute approximate surface area is 100 Å². The molecule has 0 saturated carbocycles. The Kier molecular flexibility index (Phi) is 4.59. The van der Waals surface area contributed by atoms with Gasteiger partial charge in [0, 0.05) is 0 Å². The summed E-state index contributed by atoms with van der Waals surface area (Å²) in [6.45, 7) is 1.61. The molecule has 0 saturated heterocycles. The molecule has 0 aromatic heterocycles. The minimum Gasteiger partial charge on any atom is -0.484 e. The molecule has 0 spiro atoms. The van der Waals surface area contributed by atoms with Gasteiger partial charge >= 0.3 is 0 Å². The smallest absolute Gasteiger partial charge is 0.258 e. The van der Waals surface area contributed by atoms with Crippen LogP contribution in [0.15, 0.2) is 24.3 Å². The van der Waals surface area contributed by atoms with Gasteiger partial charge in [0.25, 0.3) is 5.91 Å². The Morgan fingerprint density at radius 3 is 2.71 bits per heavy atom. The van der Waals surface area contributed by atoms with E-state index in [1.54, 1.807) is 31.2 Å². The minimum atomic E-state index is -0.313. The van der Waals surface area contributed by atoms with Crippen molar-refractivity contribution >= 4 is 5.91 Å². The summed E-state index contributed by atoms with van der Waals surface area (Å²) in [6.07, 6.45) is 5.12. The summed E-state index contributed by atoms with van der Waals surface area (Å²) in [6, 6.07) is 8.20. The van der Waals surface area contributed by atoms with Crippen LogP contribution in [-0.4, -0.2) is 18.6 Å². The monoisotopic (exact) mass is 228 g/mol. The van der Waals surface area contributed by atoms with Gasteiger partial charge in [-0.3, -0.25) is 4.79 Å². The largest absolute Gasteiger partial charge is 0.484 e. The number of ether oxygens (including phenoxy) is 1. The van der Waals surface area contributed by atoms with Gasteiger partial charge in [-0.25, -0.2) is 0 Å². The maximum absolute atomic E-state index is 11.3. The molecule has 1 aromatic rings. The van der Waals surface area contributed by atoms with Crippen molar-refractivity contribution in [3.05, 3.63) is 29.8 Å². The molecule has 1 atom stereocenters. The fourth-order valence-electron chi connectivity index (χ4n) is 1.10. The van der Waals surface area contributed by atoms with Crippen LogP contribution in [0.4, 0.5) is 0 Å². The van der Waals surface area contributed by atoms with E-state index in [1.165, 1.54) is 0 Å². The number of nitriles is 1. The summed E-state index contributed by atoms with van der Waals surface area (Å²) in [4.78, 5) is 11.3. The fourth-order valence-corrected chi connectivity index (χ4v) is 1.10. The molecule has 1 N–H and O–H groups in total. The molecule has 0 fully saturated rings. The third-order valence-electron chi connectivity index (χ3n) is 1.98. The van der Waals surface area contributed by atoms with Crippen LogP contribution in [0.3, 0.4) is 0 Å². The van der Waals surface area contributed by atoms with E-state index in [0.717, 1.165) is 0 Å². The Hall–Kier alpha value is -2.46. The second-order valence-corrected chi connectivity index (χ2v) is 3.38. The second-order valence-electron chi connectivity index (χ2n) is 3.38. The van der Waals surface area contributed by atoms with Crippen LogP contribution in [0.5, 0.6) is 5.75 Å². The lowest BCUT2D eigenvalue weighted by Crippen LogP contribution is -2.35. The number of carbonyl (C=O) groups excluding carboxylic acids is 1. The molecule has 1 amide bonds. The first-order valence-corrected chi connectivity index (χ1v) is 5.04. The van der Waals surface area contributed by atoms with Crippen molar-refractivity contribution in [3.63, 3.8) is 0 Å². The maximum atomic E-state index is 11.3. The number of amides is 1. The second kappa shape index (κ2) is 6.19. The highest BCUT2D eigenvalue weighted by Gasteiger charge is 2.05. The Balaban J connectivity index is 2.43. The molecule has 0 bridgehead atoms. The molecule has 1 unspecified atom stereocenters. The van der Waals surface area contributed by atoms with Crippen molar-refractivity contribution in [2.45, 2.75) is 13.0 Å². The molecular formula is C13H12N2O2. The summed E-state index contributed by atoms with van der Waals surface area (Å²) >= 11 is 0. The van der Waals surface area contributed by atoms with Crippen LogP contribution in [-0.2, 0) is 4.79 Å². The molecule has 0 heterocycles. The fraction of sp³-hybridized carbons (Fsp3) is 0.231. The Bertz CT molecular complexity index is 466. The number of hydrogen-bond acceptors (Lipinski definition) is 3. The zero-order valence-electron chi connectivity index (χ0n) is 9.43. The van der Waals surface area contributed by atoms with E-state index in [4.69, 9.17) is 16.4 Å². The molecular weight excluding hydrogens is 216 g/mol. The van der Waals surface area contributed by atoms with Crippen LogP contribution in [0.2, 0.25) is 0 Å². The van der Waals surface area contributed by atoms with E-state index in [9.17, 15) is 4.79 Å². The van der Waals surface area contributed by atoms with Crippen molar-refractivity contribution in [2.24, 2.45) is 0 Å². The van der Waals surface area contributed by atoms with Crippen molar-refractivity contribution in [1.82, 2.24) is 5.32 Å². The van der Waals surface area contributed by atoms with Gasteiger partial charge in [-0.1, -0.05) is 5.92 Å². The molecule has 4 nitrogen and oxygen atoms in total. The molecule has 0 aliphatic carbocycles. The molecule has 0 aliphatic heterocycles. The number of carbonyl (C=O) groups is 1. The first-order valence-electron chi connectivity index (χ1n) is 5.04. The summed E-state index contributed by atoms with van der Waals surface area (Å²) in [7, 11) is 0. The van der Waals surface area contributed by atoms with Crippen molar-refractivity contribution in [1.29, 1.82) is 5.26 Å². The summed E-state index contributed by atoms with van der Waals surface area (Å²) in [5, 5.41) is 11.2. The third-order valence-corrected chi connectivity index (χ3v) is 1.98. The molecule has 4 heteroatoms. The van der Waals surface area contributed by atoms with E-state index >= 15 is 0 Å². The van der Waals surface area contributed by atoms with E-state index in [0.29, 0.717) is 11.3 Å². The zero-order chi connectivity index (χ0) is 12.7. The number of benzene rings is 1. The van der Waals surface area contributed by atoms with Crippen LogP contribution < -0.4 is 10.1 Å². The lowest BCUT2D eigenvalue weighted by atomic mass is 10.2. The van der Waals surface area contributed by atoms with E-state index < -0.39 is 0 Å². The number of nitrogens with zero attached hydrogens (tertiary/aromatic N) is 1. The lowest BCUT2D eigenvalue weighted by molar-refractivity contribution is -0.123. The van der Waals surface area contributed by atoms with E-state index in [1.807, 2.05) is 6.07 Å². The average Bonchev–Trinajstić information content (AvgIpc) is 2.36. The minimum absolute atomic E-state index is 0.0993. The number of rotatable bonds is 4. The van der Waals surface area contributed by atoms with Crippen molar-refractivity contribution < 1.29 is 9.53 Å². The van der Waals surface area contributed by atoms with E-state index in [-0.39, 0.29) is 18.6 Å². The van der Waals surface area contributed by atoms with Gasteiger partial charge in [0.05, 0.1) is 17.7 Å². The predicted molar refractivity (Wildman–Crippen MR) is 63.1 cm³/mol. The van der Waals surface area contributed by atoms with Gasteiger partial charge < -0.3 is 10.1 Å². The first-order chi connectivity index (χ1) is 8.15. The van der Waals surface area contributed by atoms with Gasteiger partial charge in [-0.05, 0) is 31.2 Å². The molecule has 86 valence electrons.